The molecule has 0 spiro atoms. The lowest BCUT2D eigenvalue weighted by Crippen LogP contribution is -2.38. The number of hydrogen-bond acceptors (Lipinski definition) is 6. The number of nitrogens with zero attached hydrogens (tertiary/aromatic N) is 1. The Hall–Kier alpha value is -3.39. The van der Waals surface area contributed by atoms with Crippen molar-refractivity contribution in [3.63, 3.8) is 0 Å². The molecule has 1 atom stereocenters. The molecule has 3 N–H and O–H groups in total. The zero-order valence-corrected chi connectivity index (χ0v) is 14.6. The minimum absolute atomic E-state index is 0.0893. The minimum atomic E-state index is -0.825. The van der Waals surface area contributed by atoms with E-state index in [0.717, 1.165) is 10.8 Å². The molecule has 2 amide bonds. The normalized spacial score (nSPS) is 11.8. The Labute approximate surface area is 155 Å². The molecule has 3 rings (SSSR count). The number of carbonyl (C=O) groups is 2. The number of ether oxygens (including phenoxy) is 1. The van der Waals surface area contributed by atoms with Crippen LogP contribution >= 0.6 is 0 Å². The maximum absolute atomic E-state index is 12.7. The fourth-order valence-corrected chi connectivity index (χ4v) is 2.62. The molecule has 8 nitrogen and oxygen atoms in total. The molecule has 0 radical (unpaired) electrons. The van der Waals surface area contributed by atoms with Crippen LogP contribution in [0.15, 0.2) is 53.1 Å². The molecule has 1 heterocycles. The minimum Gasteiger partial charge on any atom is -0.473 e. The van der Waals surface area contributed by atoms with Gasteiger partial charge in [0.2, 0.25) is 5.76 Å². The Kier molecular flexibility index (Phi) is 5.68. The first-order valence-electron chi connectivity index (χ1n) is 8.45. The molecule has 0 bridgehead atoms. The maximum Gasteiger partial charge on any atom is 0.313 e. The maximum atomic E-state index is 12.7. The molecule has 8 heteroatoms. The van der Waals surface area contributed by atoms with Crippen molar-refractivity contribution in [2.75, 3.05) is 6.61 Å². The summed E-state index contributed by atoms with van der Waals surface area (Å²) in [6.07, 6.45) is 0.637. The van der Waals surface area contributed by atoms with Gasteiger partial charge >= 0.3 is 5.91 Å². The molecule has 27 heavy (non-hydrogen) atoms. The summed E-state index contributed by atoms with van der Waals surface area (Å²) in [4.78, 5) is 23.9. The van der Waals surface area contributed by atoms with Crippen LogP contribution in [0.5, 0.6) is 5.88 Å². The first kappa shape index (κ1) is 18.4. The highest BCUT2D eigenvalue weighted by Gasteiger charge is 2.17. The number of fused-ring (bicyclic) bond motifs is 1. The van der Waals surface area contributed by atoms with Gasteiger partial charge in [0.15, 0.2) is 0 Å². The predicted molar refractivity (Wildman–Crippen MR) is 96.7 cm³/mol. The van der Waals surface area contributed by atoms with Gasteiger partial charge in [0.25, 0.3) is 11.8 Å². The van der Waals surface area contributed by atoms with E-state index in [0.29, 0.717) is 12.0 Å². The summed E-state index contributed by atoms with van der Waals surface area (Å²) in [6, 6.07) is 14.3. The van der Waals surface area contributed by atoms with E-state index >= 15 is 0 Å². The smallest absolute Gasteiger partial charge is 0.313 e. The van der Waals surface area contributed by atoms with E-state index in [-0.39, 0.29) is 30.2 Å². The quantitative estimate of drug-likeness (QED) is 0.436. The van der Waals surface area contributed by atoms with Gasteiger partial charge in [-0.3, -0.25) is 14.8 Å². The van der Waals surface area contributed by atoms with Crippen molar-refractivity contribution < 1.29 is 24.1 Å². The van der Waals surface area contributed by atoms with Gasteiger partial charge < -0.3 is 14.6 Å². The van der Waals surface area contributed by atoms with Crippen LogP contribution in [0.4, 0.5) is 0 Å². The molecule has 0 unspecified atom stereocenters. The molecule has 0 saturated carbocycles. The molecule has 0 fully saturated rings. The van der Waals surface area contributed by atoms with E-state index in [1.165, 1.54) is 11.5 Å². The van der Waals surface area contributed by atoms with E-state index in [9.17, 15) is 9.59 Å². The van der Waals surface area contributed by atoms with Gasteiger partial charge in [0.05, 0.1) is 12.1 Å². The molecular weight excluding hydrogens is 350 g/mol. The van der Waals surface area contributed by atoms with Gasteiger partial charge in [-0.2, -0.15) is 0 Å². The number of nitrogens with one attached hydrogen (secondary N) is 2. The number of aromatic nitrogens is 1. The Bertz CT molecular complexity index is 948. The van der Waals surface area contributed by atoms with Crippen LogP contribution in [-0.4, -0.2) is 34.8 Å². The van der Waals surface area contributed by atoms with E-state index in [1.807, 2.05) is 43.3 Å². The fraction of sp³-hybridized carbons (Fsp3) is 0.211. The summed E-state index contributed by atoms with van der Waals surface area (Å²) in [7, 11) is 0. The van der Waals surface area contributed by atoms with E-state index in [1.54, 1.807) is 6.07 Å². The first-order chi connectivity index (χ1) is 13.1. The highest BCUT2D eigenvalue weighted by molar-refractivity contribution is 6.07. The van der Waals surface area contributed by atoms with Gasteiger partial charge in [-0.05, 0) is 28.4 Å². The SMILES string of the molecule is CC[C@@H](COc1cc(C(=O)NO)on1)NC(=O)c1cccc2ccccc12. The number of benzene rings is 2. The largest absolute Gasteiger partial charge is 0.473 e. The molecule has 2 aromatic carbocycles. The standard InChI is InChI=1S/C19H19N3O5/c1-2-13(11-26-17-10-16(27-22-17)19(24)21-25)20-18(23)15-9-5-7-12-6-3-4-8-14(12)15/h3-10,13,25H,2,11H2,1H3,(H,20,23)(H,21,24)/t13-/m0/s1. The number of hydroxylamine groups is 1. The Morgan fingerprint density at radius 1 is 1.19 bits per heavy atom. The fourth-order valence-electron chi connectivity index (χ4n) is 2.62. The summed E-state index contributed by atoms with van der Waals surface area (Å²) < 4.78 is 10.2. The van der Waals surface area contributed by atoms with E-state index in [4.69, 9.17) is 14.5 Å². The second-order valence-corrected chi connectivity index (χ2v) is 5.89. The zero-order valence-electron chi connectivity index (χ0n) is 14.6. The van der Waals surface area contributed by atoms with Gasteiger partial charge in [-0.25, -0.2) is 5.48 Å². The van der Waals surface area contributed by atoms with Crippen molar-refractivity contribution in [3.05, 3.63) is 59.9 Å². The first-order valence-corrected chi connectivity index (χ1v) is 8.45. The highest BCUT2D eigenvalue weighted by atomic mass is 16.5. The van der Waals surface area contributed by atoms with Gasteiger partial charge in [0.1, 0.15) is 6.61 Å². The van der Waals surface area contributed by atoms with Crippen molar-refractivity contribution in [2.24, 2.45) is 0 Å². The third-order valence-corrected chi connectivity index (χ3v) is 4.11. The number of carbonyl (C=O) groups excluding carboxylic acids is 2. The molecule has 3 aromatic rings. The average Bonchev–Trinajstić information content (AvgIpc) is 3.19. The van der Waals surface area contributed by atoms with E-state index in [2.05, 4.69) is 10.5 Å². The predicted octanol–water partition coefficient (Wildman–Crippen LogP) is 2.53. The Morgan fingerprint density at radius 2 is 1.96 bits per heavy atom. The zero-order chi connectivity index (χ0) is 19.2. The van der Waals surface area contributed by atoms with E-state index < -0.39 is 5.91 Å². The average molecular weight is 369 g/mol. The van der Waals surface area contributed by atoms with Gasteiger partial charge in [0, 0.05) is 5.56 Å². The van der Waals surface area contributed by atoms with Crippen molar-refractivity contribution in [2.45, 2.75) is 19.4 Å². The van der Waals surface area contributed by atoms with Crippen LogP contribution in [-0.2, 0) is 0 Å². The van der Waals surface area contributed by atoms with Crippen molar-refractivity contribution in [1.29, 1.82) is 0 Å². The van der Waals surface area contributed by atoms with Crippen LogP contribution in [0.2, 0.25) is 0 Å². The molecule has 0 aliphatic rings. The topological polar surface area (TPSA) is 114 Å². The van der Waals surface area contributed by atoms with Crippen LogP contribution in [0.25, 0.3) is 10.8 Å². The number of rotatable bonds is 7. The lowest BCUT2D eigenvalue weighted by Gasteiger charge is -2.17. The van der Waals surface area contributed by atoms with Crippen LogP contribution in [0.1, 0.15) is 34.3 Å². The number of hydrogen-bond donors (Lipinski definition) is 3. The van der Waals surface area contributed by atoms with Gasteiger partial charge in [-0.15, -0.1) is 0 Å². The highest BCUT2D eigenvalue weighted by Crippen LogP contribution is 2.19. The molecule has 1 aromatic heterocycles. The van der Waals surface area contributed by atoms with Crippen LogP contribution < -0.4 is 15.5 Å². The van der Waals surface area contributed by atoms with Crippen molar-refractivity contribution in [3.8, 4) is 5.88 Å². The number of amides is 2. The monoisotopic (exact) mass is 369 g/mol. The molecule has 0 saturated heterocycles. The molecule has 0 aliphatic carbocycles. The summed E-state index contributed by atoms with van der Waals surface area (Å²) >= 11 is 0. The summed E-state index contributed by atoms with van der Waals surface area (Å²) in [6.45, 7) is 2.07. The molecule has 140 valence electrons. The summed E-state index contributed by atoms with van der Waals surface area (Å²) in [5, 5.41) is 17.0. The Morgan fingerprint density at radius 3 is 2.74 bits per heavy atom. The third-order valence-electron chi connectivity index (χ3n) is 4.11. The van der Waals surface area contributed by atoms with Gasteiger partial charge in [-0.1, -0.05) is 43.3 Å². The second-order valence-electron chi connectivity index (χ2n) is 5.89. The lowest BCUT2D eigenvalue weighted by atomic mass is 10.0. The summed E-state index contributed by atoms with van der Waals surface area (Å²) in [5.74, 6) is -1.11. The molecular formula is C19H19N3O5. The van der Waals surface area contributed by atoms with Crippen LogP contribution in [0.3, 0.4) is 0 Å². The Balaban J connectivity index is 1.65. The second kappa shape index (κ2) is 8.33. The lowest BCUT2D eigenvalue weighted by molar-refractivity contribution is 0.0666. The third kappa shape index (κ3) is 4.24. The summed E-state index contributed by atoms with van der Waals surface area (Å²) in [5.41, 5.74) is 2.04. The molecule has 0 aliphatic heterocycles. The van der Waals surface area contributed by atoms with Crippen molar-refractivity contribution in [1.82, 2.24) is 16.0 Å². The van der Waals surface area contributed by atoms with Crippen molar-refractivity contribution >= 4 is 22.6 Å². The van der Waals surface area contributed by atoms with Crippen LogP contribution in [0, 0.1) is 0 Å².